The van der Waals surface area contributed by atoms with E-state index in [1.807, 2.05) is 0 Å². The molecule has 0 radical (unpaired) electrons. The van der Waals surface area contributed by atoms with Crippen molar-refractivity contribution in [2.24, 2.45) is 11.3 Å². The molecular formula is C15H27NO3. The van der Waals surface area contributed by atoms with Gasteiger partial charge in [-0.2, -0.15) is 0 Å². The molecule has 0 bridgehead atoms. The second-order valence-corrected chi connectivity index (χ2v) is 7.09. The Morgan fingerprint density at radius 1 is 1.37 bits per heavy atom. The molecule has 19 heavy (non-hydrogen) atoms. The summed E-state index contributed by atoms with van der Waals surface area (Å²) in [5.74, 6) is 0.0669. The minimum absolute atomic E-state index is 0.153. The minimum atomic E-state index is -0.608. The molecule has 0 atom stereocenters. The van der Waals surface area contributed by atoms with Crippen molar-refractivity contribution >= 4 is 5.97 Å². The third-order valence-corrected chi connectivity index (χ3v) is 4.72. The smallest absolute Gasteiger partial charge is 0.310 e. The van der Waals surface area contributed by atoms with Crippen LogP contribution in [-0.2, 0) is 9.53 Å². The number of morpholine rings is 1. The van der Waals surface area contributed by atoms with Gasteiger partial charge < -0.3 is 9.84 Å². The van der Waals surface area contributed by atoms with Gasteiger partial charge in [0.15, 0.2) is 0 Å². The van der Waals surface area contributed by atoms with E-state index in [1.54, 1.807) is 0 Å². The number of hydrogen-bond donors (Lipinski definition) is 1. The Morgan fingerprint density at radius 2 is 2.00 bits per heavy atom. The van der Waals surface area contributed by atoms with Crippen molar-refractivity contribution in [1.29, 1.82) is 0 Å². The quantitative estimate of drug-likeness (QED) is 0.854. The van der Waals surface area contributed by atoms with Crippen LogP contribution < -0.4 is 0 Å². The van der Waals surface area contributed by atoms with Gasteiger partial charge in [0.1, 0.15) is 0 Å². The summed E-state index contributed by atoms with van der Waals surface area (Å²) in [7, 11) is 0. The van der Waals surface area contributed by atoms with E-state index in [0.717, 1.165) is 38.8 Å². The molecule has 2 fully saturated rings. The van der Waals surface area contributed by atoms with Crippen LogP contribution in [0.1, 0.15) is 46.5 Å². The largest absolute Gasteiger partial charge is 0.481 e. The topological polar surface area (TPSA) is 49.8 Å². The van der Waals surface area contributed by atoms with Gasteiger partial charge in [-0.05, 0) is 45.4 Å². The molecule has 1 heterocycles. The number of ether oxygens (including phenoxy) is 1. The monoisotopic (exact) mass is 269 g/mol. The highest BCUT2D eigenvalue weighted by atomic mass is 16.5. The molecule has 2 rings (SSSR count). The van der Waals surface area contributed by atoms with Gasteiger partial charge in [0.05, 0.1) is 17.6 Å². The lowest BCUT2D eigenvalue weighted by molar-refractivity contribution is -0.156. The molecule has 0 amide bonds. The van der Waals surface area contributed by atoms with Crippen molar-refractivity contribution in [2.75, 3.05) is 26.2 Å². The number of aliphatic carboxylic acids is 1. The Labute approximate surface area is 116 Å². The first kappa shape index (κ1) is 14.8. The predicted octanol–water partition coefficient (Wildman–Crippen LogP) is 2.38. The highest BCUT2D eigenvalue weighted by Gasteiger charge is 2.43. The van der Waals surface area contributed by atoms with Gasteiger partial charge in [0.2, 0.25) is 0 Å². The second kappa shape index (κ2) is 5.41. The Balaban J connectivity index is 2.03. The molecule has 0 aromatic rings. The molecule has 4 heteroatoms. The Hall–Kier alpha value is -0.610. The summed E-state index contributed by atoms with van der Waals surface area (Å²) < 4.78 is 5.71. The van der Waals surface area contributed by atoms with Crippen LogP contribution in [-0.4, -0.2) is 47.8 Å². The molecule has 1 saturated carbocycles. The maximum absolute atomic E-state index is 11.8. The first-order valence-corrected chi connectivity index (χ1v) is 7.43. The lowest BCUT2D eigenvalue weighted by atomic mass is 9.70. The fourth-order valence-corrected chi connectivity index (χ4v) is 3.43. The Bertz CT molecular complexity index is 332. The van der Waals surface area contributed by atoms with E-state index in [0.29, 0.717) is 19.1 Å². The summed E-state index contributed by atoms with van der Waals surface area (Å²) in [6, 6.07) is 0. The van der Waals surface area contributed by atoms with Crippen LogP contribution in [0.5, 0.6) is 0 Å². The third kappa shape index (κ3) is 3.48. The van der Waals surface area contributed by atoms with Gasteiger partial charge in [-0.15, -0.1) is 0 Å². The van der Waals surface area contributed by atoms with Gasteiger partial charge in [0, 0.05) is 19.6 Å². The summed E-state index contributed by atoms with van der Waals surface area (Å²) in [4.78, 5) is 14.0. The average Bonchev–Trinajstić information content (AvgIpc) is 2.31. The molecule has 1 aliphatic carbocycles. The van der Waals surface area contributed by atoms with E-state index in [2.05, 4.69) is 25.7 Å². The second-order valence-electron chi connectivity index (χ2n) is 7.09. The molecule has 1 aliphatic heterocycles. The summed E-state index contributed by atoms with van der Waals surface area (Å²) >= 11 is 0. The lowest BCUT2D eigenvalue weighted by Gasteiger charge is -2.44. The van der Waals surface area contributed by atoms with Gasteiger partial charge in [-0.1, -0.05) is 6.92 Å². The van der Waals surface area contributed by atoms with E-state index in [9.17, 15) is 9.90 Å². The van der Waals surface area contributed by atoms with E-state index >= 15 is 0 Å². The number of carbonyl (C=O) groups is 1. The summed E-state index contributed by atoms with van der Waals surface area (Å²) in [5.41, 5.74) is -0.681. The number of nitrogens with zero attached hydrogens (tertiary/aromatic N) is 1. The van der Waals surface area contributed by atoms with Gasteiger partial charge in [-0.25, -0.2) is 0 Å². The molecule has 0 aromatic heterocycles. The lowest BCUT2D eigenvalue weighted by Crippen LogP contribution is -2.53. The van der Waals surface area contributed by atoms with E-state index in [-0.39, 0.29) is 5.60 Å². The first-order chi connectivity index (χ1) is 8.83. The number of carboxylic acid groups (broad SMARTS) is 1. The van der Waals surface area contributed by atoms with Crippen molar-refractivity contribution < 1.29 is 14.6 Å². The van der Waals surface area contributed by atoms with Crippen LogP contribution >= 0.6 is 0 Å². The van der Waals surface area contributed by atoms with Gasteiger partial charge in [-0.3, -0.25) is 9.69 Å². The van der Waals surface area contributed by atoms with E-state index in [4.69, 9.17) is 4.74 Å². The zero-order chi connectivity index (χ0) is 14.1. The maximum atomic E-state index is 11.8. The molecule has 0 unspecified atom stereocenters. The highest BCUT2D eigenvalue weighted by molar-refractivity contribution is 5.75. The Kier molecular flexibility index (Phi) is 4.21. The van der Waals surface area contributed by atoms with Crippen molar-refractivity contribution in [3.8, 4) is 0 Å². The molecule has 0 spiro atoms. The zero-order valence-electron chi connectivity index (χ0n) is 12.4. The molecule has 110 valence electrons. The fraction of sp³-hybridized carbons (Fsp3) is 0.933. The van der Waals surface area contributed by atoms with Crippen molar-refractivity contribution in [1.82, 2.24) is 4.90 Å². The van der Waals surface area contributed by atoms with Gasteiger partial charge >= 0.3 is 5.97 Å². The summed E-state index contributed by atoms with van der Waals surface area (Å²) in [6.07, 6.45) is 3.72. The Morgan fingerprint density at radius 3 is 2.53 bits per heavy atom. The molecule has 2 aliphatic rings. The van der Waals surface area contributed by atoms with Gasteiger partial charge in [0.25, 0.3) is 0 Å². The summed E-state index contributed by atoms with van der Waals surface area (Å²) in [5, 5.41) is 9.68. The number of hydrogen-bond acceptors (Lipinski definition) is 3. The van der Waals surface area contributed by atoms with Crippen molar-refractivity contribution in [3.05, 3.63) is 0 Å². The van der Waals surface area contributed by atoms with Crippen LogP contribution in [0.3, 0.4) is 0 Å². The molecule has 1 saturated heterocycles. The van der Waals surface area contributed by atoms with E-state index in [1.165, 1.54) is 0 Å². The average molecular weight is 269 g/mol. The minimum Gasteiger partial charge on any atom is -0.481 e. The third-order valence-electron chi connectivity index (χ3n) is 4.72. The van der Waals surface area contributed by atoms with Crippen LogP contribution in [0.2, 0.25) is 0 Å². The van der Waals surface area contributed by atoms with Crippen LogP contribution in [0.25, 0.3) is 0 Å². The summed E-state index contributed by atoms with van der Waals surface area (Å²) in [6.45, 7) is 9.46. The number of carboxylic acids is 1. The first-order valence-electron chi connectivity index (χ1n) is 7.43. The zero-order valence-corrected chi connectivity index (χ0v) is 12.4. The number of rotatable bonds is 3. The molecule has 0 aromatic carbocycles. The normalized spacial score (nSPS) is 36.1. The van der Waals surface area contributed by atoms with Crippen molar-refractivity contribution in [3.63, 3.8) is 0 Å². The fourth-order valence-electron chi connectivity index (χ4n) is 3.43. The molecular weight excluding hydrogens is 242 g/mol. The SMILES string of the molecule is CC1CCC(CN2CCOC(C)(C)C2)(C(=O)O)CC1. The maximum Gasteiger partial charge on any atom is 0.310 e. The van der Waals surface area contributed by atoms with Crippen molar-refractivity contribution in [2.45, 2.75) is 52.1 Å². The highest BCUT2D eigenvalue weighted by Crippen LogP contribution is 2.40. The standard InChI is InChI=1S/C15H27NO3/c1-12-4-6-15(7-5-12,13(17)18)11-16-8-9-19-14(2,3)10-16/h12H,4-11H2,1-3H3,(H,17,18). The molecule has 1 N–H and O–H groups in total. The van der Waals surface area contributed by atoms with Crippen LogP contribution in [0.4, 0.5) is 0 Å². The van der Waals surface area contributed by atoms with Crippen LogP contribution in [0, 0.1) is 11.3 Å². The van der Waals surface area contributed by atoms with E-state index < -0.39 is 11.4 Å². The van der Waals surface area contributed by atoms with Crippen LogP contribution in [0.15, 0.2) is 0 Å². The predicted molar refractivity (Wildman–Crippen MR) is 74.2 cm³/mol. The molecule has 4 nitrogen and oxygen atoms in total.